The molecule has 0 N–H and O–H groups in total. The standard InChI is InChI=1S/C33H34N2.C18H33P.C7H6.2ClH.Ru/c1-24(2)28-19-11-13-21-30(28)34-23-35(31-22-14-12-20-29(31)25(3)4)33(27-17-9-6-10-18-27)32(34)26-15-7-5-8-16-26;1-4-10-16(11-5-1)19(17-12-6-2-7-13-17)18-14-8-3-9-15-18;1-7-5-3-2-4-6-7;;;/h5-22,24-25,32-33H,1-4H3;16-18H,1-15H2;1-6H;2*1H;/q;;;;;+2/p-2/t32-,33-;;;;;/m1...../s1. The van der Waals surface area contributed by atoms with E-state index in [4.69, 9.17) is 19.4 Å². The second-order valence-electron chi connectivity index (χ2n) is 19.4. The number of rotatable bonds is 10. The molecule has 5 aromatic rings. The molecule has 2 atom stereocenters. The molecule has 4 fully saturated rings. The zero-order chi connectivity index (χ0) is 44.5. The summed E-state index contributed by atoms with van der Waals surface area (Å²) in [4.78, 5) is 5.01. The van der Waals surface area contributed by atoms with E-state index in [1.54, 1.807) is 77.0 Å². The summed E-state index contributed by atoms with van der Waals surface area (Å²) >= 11 is -3.82. The number of hydrogen-bond donors (Lipinski definition) is 0. The average molecular weight is 1000 g/mol. The third kappa shape index (κ3) is 11.1. The number of nitrogens with zero attached hydrogens (tertiary/aromatic N) is 2. The van der Waals surface area contributed by atoms with E-state index >= 15 is 0 Å². The van der Waals surface area contributed by atoms with Gasteiger partial charge >= 0.3 is 280 Å². The van der Waals surface area contributed by atoms with Crippen LogP contribution in [0.4, 0.5) is 11.4 Å². The molecule has 1 aliphatic heterocycles. The maximum atomic E-state index is 7.90. The predicted molar refractivity (Wildman–Crippen MR) is 280 cm³/mol. The molecule has 0 amide bonds. The first-order valence-corrected chi connectivity index (χ1v) is 32.7. The Bertz CT molecular complexity index is 2190. The van der Waals surface area contributed by atoms with E-state index in [0.29, 0.717) is 19.8 Å². The molecule has 0 aromatic heterocycles. The van der Waals surface area contributed by atoms with Gasteiger partial charge in [-0.05, 0) is 55.5 Å². The SMILES string of the molecule is C1CCC(P(C2CCCCC2)C2CCCCC2)CC1.CC(C)c1ccccc1N1[C](=[Ru]([Cl])([Cl])=[CH]c2ccccc2)N(c2ccccc2C(C)C)[C@H](c2ccccc2)[C@H]1c1ccccc1. The van der Waals surface area contributed by atoms with Gasteiger partial charge in [0.25, 0.3) is 0 Å². The normalized spacial score (nSPS) is 20.7. The van der Waals surface area contributed by atoms with Crippen molar-refractivity contribution in [3.63, 3.8) is 0 Å². The van der Waals surface area contributed by atoms with Gasteiger partial charge in [0, 0.05) is 0 Å². The summed E-state index contributed by atoms with van der Waals surface area (Å²) in [7, 11) is 16.2. The summed E-state index contributed by atoms with van der Waals surface area (Å²) in [5, 5.41) is 0. The molecule has 3 aliphatic carbocycles. The molecule has 3 saturated carbocycles. The molecule has 4 aliphatic rings. The van der Waals surface area contributed by atoms with Crippen molar-refractivity contribution in [3.05, 3.63) is 167 Å². The van der Waals surface area contributed by atoms with Gasteiger partial charge in [0.2, 0.25) is 0 Å². The second-order valence-corrected chi connectivity index (χ2v) is 31.7. The summed E-state index contributed by atoms with van der Waals surface area (Å²) < 4.78 is 3.14. The van der Waals surface area contributed by atoms with Crippen LogP contribution >= 0.6 is 27.3 Å². The molecule has 0 unspecified atom stereocenters. The summed E-state index contributed by atoms with van der Waals surface area (Å²) in [5.41, 5.74) is 11.9. The second kappa shape index (κ2) is 22.7. The Hall–Kier alpha value is -2.93. The van der Waals surface area contributed by atoms with Crippen LogP contribution in [0.5, 0.6) is 0 Å². The van der Waals surface area contributed by atoms with Gasteiger partial charge in [0.15, 0.2) is 0 Å². The fourth-order valence-electron chi connectivity index (χ4n) is 11.4. The minimum absolute atomic E-state index is 0.0920. The topological polar surface area (TPSA) is 6.48 Å². The van der Waals surface area contributed by atoms with Crippen molar-refractivity contribution >= 4 is 47.6 Å². The van der Waals surface area contributed by atoms with Gasteiger partial charge in [-0.2, -0.15) is 0 Å². The van der Waals surface area contributed by atoms with Crippen molar-refractivity contribution in [1.29, 1.82) is 0 Å². The van der Waals surface area contributed by atoms with Crippen LogP contribution in [-0.2, 0) is 11.9 Å². The van der Waals surface area contributed by atoms with Crippen LogP contribution in [0.2, 0.25) is 0 Å². The zero-order valence-electron chi connectivity index (χ0n) is 39.0. The van der Waals surface area contributed by atoms with Gasteiger partial charge in [0.05, 0.1) is 0 Å². The Morgan fingerprint density at radius 1 is 0.453 bits per heavy atom. The number of para-hydroxylation sites is 2. The number of halogens is 2. The molecule has 1 heterocycles. The average Bonchev–Trinajstić information content (AvgIpc) is 3.71. The van der Waals surface area contributed by atoms with Crippen molar-refractivity contribution in [3.8, 4) is 0 Å². The van der Waals surface area contributed by atoms with E-state index in [1.807, 2.05) is 18.2 Å². The van der Waals surface area contributed by atoms with Crippen molar-refractivity contribution in [1.82, 2.24) is 0 Å². The molecule has 342 valence electrons. The molecule has 5 aromatic carbocycles. The number of hydrogen-bond acceptors (Lipinski definition) is 2. The first kappa shape index (κ1) is 47.6. The third-order valence-corrected chi connectivity index (χ3v) is 23.9. The van der Waals surface area contributed by atoms with E-state index in [1.165, 1.54) is 58.5 Å². The Morgan fingerprint density at radius 2 is 0.781 bits per heavy atom. The van der Waals surface area contributed by atoms with Gasteiger partial charge in [0.1, 0.15) is 0 Å². The van der Waals surface area contributed by atoms with Crippen LogP contribution in [0.3, 0.4) is 0 Å². The molecule has 6 heteroatoms. The van der Waals surface area contributed by atoms with Crippen molar-refractivity contribution < 1.29 is 11.9 Å². The Morgan fingerprint density at radius 3 is 1.14 bits per heavy atom. The Kier molecular flexibility index (Phi) is 16.9. The van der Waals surface area contributed by atoms with Gasteiger partial charge < -0.3 is 0 Å². The summed E-state index contributed by atoms with van der Waals surface area (Å²) in [6.07, 6.45) is 23.6. The summed E-state index contributed by atoms with van der Waals surface area (Å²) in [5.74, 6) is 0.601. The van der Waals surface area contributed by atoms with Crippen molar-refractivity contribution in [2.45, 2.75) is 165 Å². The quantitative estimate of drug-likeness (QED) is 0.102. The first-order chi connectivity index (χ1) is 31.2. The zero-order valence-corrected chi connectivity index (χ0v) is 43.1. The molecule has 0 radical (unpaired) electrons. The number of benzene rings is 5. The van der Waals surface area contributed by atoms with E-state index in [2.05, 4.69) is 163 Å². The van der Waals surface area contributed by atoms with Crippen LogP contribution in [0.25, 0.3) is 0 Å². The van der Waals surface area contributed by atoms with E-state index in [0.717, 1.165) is 21.3 Å². The van der Waals surface area contributed by atoms with Gasteiger partial charge in [-0.15, -0.1) is 0 Å². The van der Waals surface area contributed by atoms with Crippen LogP contribution in [0, 0.1) is 0 Å². The molecule has 0 bridgehead atoms. The van der Waals surface area contributed by atoms with Crippen molar-refractivity contribution in [2.75, 3.05) is 9.80 Å². The molecule has 64 heavy (non-hydrogen) atoms. The van der Waals surface area contributed by atoms with E-state index < -0.39 is 11.9 Å². The predicted octanol–water partition coefficient (Wildman–Crippen LogP) is 17.6. The van der Waals surface area contributed by atoms with Gasteiger partial charge in [-0.25, -0.2) is 0 Å². The Balaban J connectivity index is 0.000000244. The first-order valence-electron chi connectivity index (χ1n) is 24.8. The summed E-state index contributed by atoms with van der Waals surface area (Å²) in [6.45, 7) is 9.04. The van der Waals surface area contributed by atoms with Gasteiger partial charge in [-0.3, -0.25) is 0 Å². The van der Waals surface area contributed by atoms with Crippen LogP contribution in [0.15, 0.2) is 140 Å². The molecular weight excluding hydrogens is 928 g/mol. The van der Waals surface area contributed by atoms with Crippen LogP contribution in [0.1, 0.15) is 176 Å². The third-order valence-electron chi connectivity index (χ3n) is 14.4. The minimum atomic E-state index is -3.82. The Labute approximate surface area is 398 Å². The number of anilines is 2. The molecule has 2 nitrogen and oxygen atoms in total. The van der Waals surface area contributed by atoms with Crippen LogP contribution in [-0.4, -0.2) is 25.9 Å². The summed E-state index contributed by atoms with van der Waals surface area (Å²) in [6, 6.07) is 49.4. The molecule has 9 rings (SSSR count). The molecular formula is C58H73Cl2N2PRu. The maximum absolute atomic E-state index is 7.90. The van der Waals surface area contributed by atoms with E-state index in [-0.39, 0.29) is 12.1 Å². The fourth-order valence-corrected chi connectivity index (χ4v) is 22.0. The molecule has 0 spiro atoms. The van der Waals surface area contributed by atoms with Crippen LogP contribution < -0.4 is 9.80 Å². The van der Waals surface area contributed by atoms with Gasteiger partial charge in [-0.1, -0.05) is 65.7 Å². The molecule has 1 saturated heterocycles. The van der Waals surface area contributed by atoms with Crippen molar-refractivity contribution in [2.24, 2.45) is 0 Å². The fraction of sp³-hybridized carbons (Fsp3) is 0.448. The van der Waals surface area contributed by atoms with E-state index in [9.17, 15) is 0 Å². The monoisotopic (exact) mass is 1000 g/mol.